The SMILES string of the molecule is CC(C)(C)[Si](C)(C)OC[C@H]1C[C@@H](N)[C@@H]1CO. The summed E-state index contributed by atoms with van der Waals surface area (Å²) < 4.78 is 6.15. The number of aliphatic hydroxyl groups excluding tert-OH is 1. The Morgan fingerprint density at radius 2 is 1.94 bits per heavy atom. The van der Waals surface area contributed by atoms with Crippen LogP contribution in [0.25, 0.3) is 0 Å². The third-order valence-electron chi connectivity index (χ3n) is 4.41. The quantitative estimate of drug-likeness (QED) is 0.745. The predicted molar refractivity (Wildman–Crippen MR) is 69.8 cm³/mol. The molecule has 0 aromatic heterocycles. The van der Waals surface area contributed by atoms with E-state index in [1.54, 1.807) is 0 Å². The van der Waals surface area contributed by atoms with Crippen LogP contribution < -0.4 is 5.73 Å². The molecule has 3 nitrogen and oxygen atoms in total. The molecule has 0 aromatic carbocycles. The minimum absolute atomic E-state index is 0.179. The Kier molecular flexibility index (Phi) is 4.22. The van der Waals surface area contributed by atoms with E-state index in [-0.39, 0.29) is 23.6 Å². The molecule has 3 N–H and O–H groups in total. The average molecular weight is 245 g/mol. The van der Waals surface area contributed by atoms with Crippen LogP contribution in [0.5, 0.6) is 0 Å². The summed E-state index contributed by atoms with van der Waals surface area (Å²) in [6, 6.07) is 0.179. The molecule has 0 heterocycles. The van der Waals surface area contributed by atoms with Crippen molar-refractivity contribution in [3.8, 4) is 0 Å². The molecule has 1 fully saturated rings. The van der Waals surface area contributed by atoms with Gasteiger partial charge in [-0.15, -0.1) is 0 Å². The normalized spacial score (nSPS) is 31.3. The van der Waals surface area contributed by atoms with E-state index in [2.05, 4.69) is 33.9 Å². The molecule has 96 valence electrons. The minimum atomic E-state index is -1.64. The zero-order valence-corrected chi connectivity index (χ0v) is 12.3. The summed E-state index contributed by atoms with van der Waals surface area (Å²) in [4.78, 5) is 0. The molecule has 1 aliphatic rings. The molecule has 0 bridgehead atoms. The number of aliphatic hydroxyl groups is 1. The minimum Gasteiger partial charge on any atom is -0.417 e. The average Bonchev–Trinajstić information content (AvgIpc) is 2.10. The largest absolute Gasteiger partial charge is 0.417 e. The summed E-state index contributed by atoms with van der Waals surface area (Å²) >= 11 is 0. The van der Waals surface area contributed by atoms with Crippen LogP contribution in [0.15, 0.2) is 0 Å². The molecule has 1 saturated carbocycles. The molecule has 0 radical (unpaired) electrons. The van der Waals surface area contributed by atoms with Crippen molar-refractivity contribution >= 4 is 8.32 Å². The monoisotopic (exact) mass is 245 g/mol. The first-order valence-corrected chi connectivity index (χ1v) is 9.10. The van der Waals surface area contributed by atoms with Crippen LogP contribution in [0.1, 0.15) is 27.2 Å². The highest BCUT2D eigenvalue weighted by atomic mass is 28.4. The third-order valence-corrected chi connectivity index (χ3v) is 8.91. The lowest BCUT2D eigenvalue weighted by atomic mass is 9.70. The summed E-state index contributed by atoms with van der Waals surface area (Å²) in [6.07, 6.45) is 1.000. The fraction of sp³-hybridized carbons (Fsp3) is 1.00. The van der Waals surface area contributed by atoms with E-state index >= 15 is 0 Å². The van der Waals surface area contributed by atoms with Gasteiger partial charge in [-0.1, -0.05) is 20.8 Å². The summed E-state index contributed by atoms with van der Waals surface area (Å²) in [5.74, 6) is 0.721. The Bertz CT molecular complexity index is 238. The maximum absolute atomic E-state index is 9.19. The molecule has 4 heteroatoms. The molecule has 0 unspecified atom stereocenters. The first kappa shape index (κ1) is 14.2. The van der Waals surface area contributed by atoms with Gasteiger partial charge in [-0.2, -0.15) is 0 Å². The Labute approximate surface area is 100 Å². The van der Waals surface area contributed by atoms with Gasteiger partial charge in [0.15, 0.2) is 8.32 Å². The lowest BCUT2D eigenvalue weighted by molar-refractivity contribution is 0.0287. The Morgan fingerprint density at radius 3 is 2.31 bits per heavy atom. The van der Waals surface area contributed by atoms with Crippen molar-refractivity contribution in [2.24, 2.45) is 17.6 Å². The number of hydrogen-bond acceptors (Lipinski definition) is 3. The molecule has 0 aliphatic heterocycles. The van der Waals surface area contributed by atoms with Crippen molar-refractivity contribution in [1.82, 2.24) is 0 Å². The molecule has 1 rings (SSSR count). The van der Waals surface area contributed by atoms with Gasteiger partial charge < -0.3 is 15.3 Å². The molecule has 0 spiro atoms. The first-order valence-electron chi connectivity index (χ1n) is 6.19. The van der Waals surface area contributed by atoms with Crippen LogP contribution in [0.2, 0.25) is 18.1 Å². The predicted octanol–water partition coefficient (Wildman–Crippen LogP) is 1.96. The summed E-state index contributed by atoms with van der Waals surface area (Å²) in [5, 5.41) is 9.45. The van der Waals surface area contributed by atoms with E-state index in [9.17, 15) is 5.11 Å². The molecule has 0 aromatic rings. The molecule has 16 heavy (non-hydrogen) atoms. The van der Waals surface area contributed by atoms with Crippen LogP contribution in [0, 0.1) is 11.8 Å². The maximum atomic E-state index is 9.19. The smallest absolute Gasteiger partial charge is 0.191 e. The molecule has 1 aliphatic carbocycles. The topological polar surface area (TPSA) is 55.5 Å². The zero-order valence-electron chi connectivity index (χ0n) is 11.3. The molecule has 3 atom stereocenters. The van der Waals surface area contributed by atoms with E-state index in [0.717, 1.165) is 13.0 Å². The lowest BCUT2D eigenvalue weighted by Crippen LogP contribution is -2.53. The van der Waals surface area contributed by atoms with E-state index in [1.807, 2.05) is 0 Å². The highest BCUT2D eigenvalue weighted by Crippen LogP contribution is 2.39. The fourth-order valence-corrected chi connectivity index (χ4v) is 2.92. The van der Waals surface area contributed by atoms with Crippen LogP contribution in [0.3, 0.4) is 0 Å². The van der Waals surface area contributed by atoms with Crippen molar-refractivity contribution in [3.05, 3.63) is 0 Å². The number of rotatable bonds is 4. The summed E-state index contributed by atoms with van der Waals surface area (Å²) in [7, 11) is -1.64. The van der Waals surface area contributed by atoms with E-state index in [0.29, 0.717) is 5.92 Å². The van der Waals surface area contributed by atoms with Crippen molar-refractivity contribution in [2.45, 2.75) is 51.4 Å². The third kappa shape index (κ3) is 2.86. The van der Waals surface area contributed by atoms with Gasteiger partial charge in [0.1, 0.15) is 0 Å². The second-order valence-corrected chi connectivity index (χ2v) is 11.4. The fourth-order valence-electron chi connectivity index (χ4n) is 1.86. The van der Waals surface area contributed by atoms with Gasteiger partial charge in [-0.25, -0.2) is 0 Å². The van der Waals surface area contributed by atoms with Crippen LogP contribution in [-0.2, 0) is 4.43 Å². The number of nitrogens with two attached hydrogens (primary N) is 1. The summed E-state index contributed by atoms with van der Waals surface area (Å²) in [6.45, 7) is 12.2. The maximum Gasteiger partial charge on any atom is 0.191 e. The lowest BCUT2D eigenvalue weighted by Gasteiger charge is -2.44. The first-order chi connectivity index (χ1) is 7.19. The molecular formula is C12H27NO2Si. The van der Waals surface area contributed by atoms with E-state index in [4.69, 9.17) is 10.2 Å². The highest BCUT2D eigenvalue weighted by Gasteiger charge is 2.42. The molecule has 0 saturated heterocycles. The van der Waals surface area contributed by atoms with Crippen molar-refractivity contribution in [3.63, 3.8) is 0 Å². The highest BCUT2D eigenvalue weighted by molar-refractivity contribution is 6.74. The van der Waals surface area contributed by atoms with Gasteiger partial charge in [-0.3, -0.25) is 0 Å². The molecular weight excluding hydrogens is 218 g/mol. The van der Waals surface area contributed by atoms with Crippen molar-refractivity contribution in [1.29, 1.82) is 0 Å². The second-order valence-electron chi connectivity index (χ2n) is 6.58. The van der Waals surface area contributed by atoms with Crippen LogP contribution >= 0.6 is 0 Å². The van der Waals surface area contributed by atoms with Gasteiger partial charge in [0, 0.05) is 25.2 Å². The molecule has 0 amide bonds. The standard InChI is InChI=1S/C12H27NO2Si/c1-12(2,3)16(4,5)15-8-9-6-11(13)10(9)7-14/h9-11,14H,6-8,13H2,1-5H3/t9-,10-,11-/m1/s1. The number of hydrogen-bond donors (Lipinski definition) is 2. The van der Waals surface area contributed by atoms with Crippen molar-refractivity contribution < 1.29 is 9.53 Å². The van der Waals surface area contributed by atoms with Gasteiger partial charge in [0.2, 0.25) is 0 Å². The zero-order chi connectivity index (χ0) is 12.6. The van der Waals surface area contributed by atoms with Crippen molar-refractivity contribution in [2.75, 3.05) is 13.2 Å². The van der Waals surface area contributed by atoms with Crippen LogP contribution in [-0.4, -0.2) is 32.7 Å². The Balaban J connectivity index is 2.41. The van der Waals surface area contributed by atoms with E-state index < -0.39 is 8.32 Å². The Hall–Kier alpha value is 0.0969. The van der Waals surface area contributed by atoms with Gasteiger partial charge in [0.05, 0.1) is 0 Å². The van der Waals surface area contributed by atoms with Gasteiger partial charge >= 0.3 is 0 Å². The Morgan fingerprint density at radius 1 is 1.38 bits per heavy atom. The van der Waals surface area contributed by atoms with Gasteiger partial charge in [-0.05, 0) is 30.5 Å². The van der Waals surface area contributed by atoms with Gasteiger partial charge in [0.25, 0.3) is 0 Å². The summed E-state index contributed by atoms with van der Waals surface area (Å²) in [5.41, 5.74) is 5.84. The van der Waals surface area contributed by atoms with E-state index in [1.165, 1.54) is 0 Å². The second kappa shape index (κ2) is 4.76. The van der Waals surface area contributed by atoms with Crippen LogP contribution in [0.4, 0.5) is 0 Å².